The summed E-state index contributed by atoms with van der Waals surface area (Å²) in [5.41, 5.74) is 1.00. The molecule has 1 atom stereocenters. The molecular weight excluding hydrogens is 430 g/mol. The van der Waals surface area contributed by atoms with Crippen LogP contribution in [0.2, 0.25) is 0 Å². The Bertz CT molecular complexity index is 777. The van der Waals surface area contributed by atoms with Crippen LogP contribution in [-0.2, 0) is 0 Å². The highest BCUT2D eigenvalue weighted by Crippen LogP contribution is 2.31. The van der Waals surface area contributed by atoms with Gasteiger partial charge in [0, 0.05) is 42.4 Å². The zero-order valence-corrected chi connectivity index (χ0v) is 15.8. The van der Waals surface area contributed by atoms with E-state index in [0.29, 0.717) is 18.8 Å². The van der Waals surface area contributed by atoms with Gasteiger partial charge in [-0.3, -0.25) is 4.98 Å². The molecule has 1 aromatic heterocycles. The average molecular weight is 448 g/mol. The van der Waals surface area contributed by atoms with Crippen molar-refractivity contribution in [2.45, 2.75) is 18.7 Å². The second kappa shape index (κ2) is 8.02. The maximum atomic E-state index is 14.2. The van der Waals surface area contributed by atoms with Crippen LogP contribution in [0.25, 0.3) is 0 Å². The molecule has 1 unspecified atom stereocenters. The number of pyridine rings is 1. The molecule has 0 spiro atoms. The highest BCUT2D eigenvalue weighted by atomic mass is 79.9. The lowest BCUT2D eigenvalue weighted by atomic mass is 10.1. The lowest BCUT2D eigenvalue weighted by molar-refractivity contribution is -0.154. The van der Waals surface area contributed by atoms with Gasteiger partial charge in [0.1, 0.15) is 17.6 Å². The van der Waals surface area contributed by atoms with Crippen molar-refractivity contribution in [1.29, 1.82) is 0 Å². The van der Waals surface area contributed by atoms with Crippen LogP contribution in [0.5, 0.6) is 0 Å². The van der Waals surface area contributed by atoms with Gasteiger partial charge < -0.3 is 14.9 Å². The molecule has 0 amide bonds. The fourth-order valence-electron chi connectivity index (χ4n) is 3.05. The average Bonchev–Trinajstić information content (AvgIpc) is 2.61. The molecule has 1 aromatic carbocycles. The molecule has 1 saturated heterocycles. The third-order valence-corrected chi connectivity index (χ3v) is 4.96. The quantitative estimate of drug-likeness (QED) is 0.709. The van der Waals surface area contributed by atoms with Crippen molar-refractivity contribution in [1.82, 2.24) is 4.98 Å². The number of nitrogens with zero attached hydrogens (tertiary/aromatic N) is 3. The summed E-state index contributed by atoms with van der Waals surface area (Å²) >= 11 is 3.40. The van der Waals surface area contributed by atoms with E-state index in [9.17, 15) is 22.7 Å². The van der Waals surface area contributed by atoms with E-state index < -0.39 is 30.2 Å². The highest BCUT2D eigenvalue weighted by molar-refractivity contribution is 9.10. The van der Waals surface area contributed by atoms with Crippen LogP contribution < -0.4 is 9.80 Å². The van der Waals surface area contributed by atoms with Crippen LogP contribution in [0.3, 0.4) is 0 Å². The molecule has 0 aliphatic carbocycles. The summed E-state index contributed by atoms with van der Waals surface area (Å²) in [6.45, 7) is 2.70. The van der Waals surface area contributed by atoms with Crippen molar-refractivity contribution in [3.63, 3.8) is 0 Å². The molecule has 1 aliphatic heterocycles. The first-order valence-electron chi connectivity index (χ1n) is 8.38. The Morgan fingerprint density at radius 3 is 2.11 bits per heavy atom. The van der Waals surface area contributed by atoms with E-state index in [4.69, 9.17) is 0 Å². The number of piperazine rings is 1. The smallest absolute Gasteiger partial charge is 0.386 e. The highest BCUT2D eigenvalue weighted by Gasteiger charge is 2.33. The van der Waals surface area contributed by atoms with Crippen molar-refractivity contribution in [3.8, 4) is 0 Å². The van der Waals surface area contributed by atoms with Gasteiger partial charge in [-0.25, -0.2) is 4.39 Å². The first-order chi connectivity index (χ1) is 12.7. The topological polar surface area (TPSA) is 39.6 Å². The molecule has 2 heterocycles. The number of halogens is 5. The summed E-state index contributed by atoms with van der Waals surface area (Å²) in [4.78, 5) is 7.86. The number of alkyl halides is 3. The van der Waals surface area contributed by atoms with E-state index in [1.165, 1.54) is 6.20 Å². The zero-order chi connectivity index (χ0) is 19.6. The number of benzene rings is 1. The monoisotopic (exact) mass is 447 g/mol. The molecular formula is C18H18BrF4N3O. The Morgan fingerprint density at radius 2 is 1.59 bits per heavy atom. The third-order valence-electron chi connectivity index (χ3n) is 4.43. The Kier molecular flexibility index (Phi) is 5.90. The largest absolute Gasteiger partial charge is 0.391 e. The first kappa shape index (κ1) is 19.9. The Balaban J connectivity index is 1.64. The van der Waals surface area contributed by atoms with Crippen LogP contribution in [0.4, 0.5) is 28.9 Å². The van der Waals surface area contributed by atoms with Crippen LogP contribution in [0.15, 0.2) is 41.0 Å². The molecule has 2 aromatic rings. The fourth-order valence-corrected chi connectivity index (χ4v) is 3.31. The van der Waals surface area contributed by atoms with E-state index in [-0.39, 0.29) is 0 Å². The van der Waals surface area contributed by atoms with Gasteiger partial charge in [0.25, 0.3) is 0 Å². The second-order valence-corrected chi connectivity index (χ2v) is 7.26. The number of rotatable bonds is 4. The van der Waals surface area contributed by atoms with E-state index in [0.717, 1.165) is 29.3 Å². The van der Waals surface area contributed by atoms with Crippen molar-refractivity contribution < 1.29 is 22.7 Å². The molecule has 0 bridgehead atoms. The van der Waals surface area contributed by atoms with E-state index in [2.05, 4.69) is 25.8 Å². The normalized spacial score (nSPS) is 16.5. The maximum absolute atomic E-state index is 14.2. The standard InChI is InChI=1S/C18H18BrF4N3O/c19-12-1-3-13(4-2-12)25-5-7-26(8-6-25)14-9-15(20)17(24-11-14)16(27)10-18(21,22)23/h1-4,9,11,16,27H,5-8,10H2. The zero-order valence-electron chi connectivity index (χ0n) is 14.3. The van der Waals surface area contributed by atoms with Crippen molar-refractivity contribution in [2.75, 3.05) is 36.0 Å². The SMILES string of the molecule is OC(CC(F)(F)F)c1ncc(N2CCN(c3ccc(Br)cc3)CC2)cc1F. The summed E-state index contributed by atoms with van der Waals surface area (Å²) < 4.78 is 52.3. The van der Waals surface area contributed by atoms with E-state index in [1.54, 1.807) is 0 Å². The second-order valence-electron chi connectivity index (χ2n) is 6.35. The summed E-state index contributed by atoms with van der Waals surface area (Å²) in [5, 5.41) is 9.57. The van der Waals surface area contributed by atoms with Gasteiger partial charge in [-0.2, -0.15) is 13.2 Å². The van der Waals surface area contributed by atoms with Gasteiger partial charge in [0.15, 0.2) is 0 Å². The third kappa shape index (κ3) is 5.10. The minimum atomic E-state index is -4.59. The molecule has 0 saturated carbocycles. The molecule has 3 rings (SSSR count). The number of aromatic nitrogens is 1. The number of hydrogen-bond acceptors (Lipinski definition) is 4. The Labute approximate surface area is 162 Å². The van der Waals surface area contributed by atoms with Crippen molar-refractivity contribution >= 4 is 27.3 Å². The lowest BCUT2D eigenvalue weighted by Gasteiger charge is -2.37. The predicted molar refractivity (Wildman–Crippen MR) is 98.4 cm³/mol. The molecule has 9 heteroatoms. The molecule has 146 valence electrons. The lowest BCUT2D eigenvalue weighted by Crippen LogP contribution is -2.46. The molecule has 1 fully saturated rings. The summed E-state index contributed by atoms with van der Waals surface area (Å²) in [5.74, 6) is -0.931. The van der Waals surface area contributed by atoms with E-state index >= 15 is 0 Å². The van der Waals surface area contributed by atoms with Gasteiger partial charge in [0.05, 0.1) is 18.3 Å². The number of aliphatic hydroxyl groups is 1. The fraction of sp³-hybridized carbons (Fsp3) is 0.389. The molecule has 0 radical (unpaired) electrons. The first-order valence-corrected chi connectivity index (χ1v) is 9.18. The van der Waals surface area contributed by atoms with Gasteiger partial charge in [-0.1, -0.05) is 15.9 Å². The van der Waals surface area contributed by atoms with Crippen molar-refractivity contribution in [2.24, 2.45) is 0 Å². The van der Waals surface area contributed by atoms with Gasteiger partial charge >= 0.3 is 6.18 Å². The number of anilines is 2. The molecule has 27 heavy (non-hydrogen) atoms. The number of hydrogen-bond donors (Lipinski definition) is 1. The Morgan fingerprint density at radius 1 is 1.04 bits per heavy atom. The molecule has 1 N–H and O–H groups in total. The van der Waals surface area contributed by atoms with E-state index in [1.807, 2.05) is 29.2 Å². The van der Waals surface area contributed by atoms with Crippen LogP contribution >= 0.6 is 15.9 Å². The molecule has 1 aliphatic rings. The minimum absolute atomic E-state index is 0.492. The molecule has 4 nitrogen and oxygen atoms in total. The summed E-state index contributed by atoms with van der Waals surface area (Å²) in [7, 11) is 0. The summed E-state index contributed by atoms with van der Waals surface area (Å²) in [6.07, 6.45) is -6.81. The maximum Gasteiger partial charge on any atom is 0.391 e. The van der Waals surface area contributed by atoms with Crippen LogP contribution in [-0.4, -0.2) is 42.4 Å². The predicted octanol–water partition coefficient (Wildman–Crippen LogP) is 4.30. The van der Waals surface area contributed by atoms with Gasteiger partial charge in [-0.05, 0) is 24.3 Å². The summed E-state index contributed by atoms with van der Waals surface area (Å²) in [6, 6.07) is 9.09. The van der Waals surface area contributed by atoms with Crippen LogP contribution in [0.1, 0.15) is 18.2 Å². The van der Waals surface area contributed by atoms with Gasteiger partial charge in [0.2, 0.25) is 0 Å². The number of aliphatic hydroxyl groups excluding tert-OH is 1. The minimum Gasteiger partial charge on any atom is -0.386 e. The van der Waals surface area contributed by atoms with Crippen LogP contribution in [0, 0.1) is 5.82 Å². The van der Waals surface area contributed by atoms with Gasteiger partial charge in [-0.15, -0.1) is 0 Å². The van der Waals surface area contributed by atoms with Crippen molar-refractivity contribution in [3.05, 3.63) is 52.5 Å². The Hall–Kier alpha value is -1.87.